The van der Waals surface area contributed by atoms with Gasteiger partial charge in [-0.1, -0.05) is 18.2 Å². The van der Waals surface area contributed by atoms with Gasteiger partial charge in [0.05, 0.1) is 6.61 Å². The van der Waals surface area contributed by atoms with E-state index in [1.807, 2.05) is 24.3 Å². The molecule has 2 aliphatic heterocycles. The summed E-state index contributed by atoms with van der Waals surface area (Å²) < 4.78 is 48.2. The van der Waals surface area contributed by atoms with Gasteiger partial charge in [0.25, 0.3) is 0 Å². The number of hydrogen-bond acceptors (Lipinski definition) is 5. The van der Waals surface area contributed by atoms with Gasteiger partial charge in [-0.25, -0.2) is 12.8 Å². The molecule has 0 radical (unpaired) electrons. The van der Waals surface area contributed by atoms with Gasteiger partial charge in [0.1, 0.15) is 17.4 Å². The van der Waals surface area contributed by atoms with Crippen molar-refractivity contribution in [2.75, 3.05) is 24.7 Å². The number of thiophene rings is 1. The third-order valence-corrected chi connectivity index (χ3v) is 8.82. The molecule has 2 aromatic carbocycles. The average Bonchev–Trinajstić information content (AvgIpc) is 3.18. The molecule has 1 fully saturated rings. The van der Waals surface area contributed by atoms with Crippen molar-refractivity contribution in [2.45, 2.75) is 30.4 Å². The number of rotatable bonds is 3. The molecular formula is C21H21FN2O3S2. The molecule has 5 rings (SSSR count). The summed E-state index contributed by atoms with van der Waals surface area (Å²) in [5, 5.41) is 2.54. The second kappa shape index (κ2) is 7.36. The standard InChI is InChI=1S/C21H21FN2O3S2/c22-16-5-6-19-15(11-16)12-27-14-24(19)17-7-9-23(10-8-17)29(25,26)21-13-28-20-4-2-1-3-18(20)21/h1-6,11,13,17H,7-10,12,14H2. The largest absolute Gasteiger partial charge is 0.356 e. The highest BCUT2D eigenvalue weighted by Crippen LogP contribution is 2.35. The van der Waals surface area contributed by atoms with Crippen molar-refractivity contribution in [1.29, 1.82) is 0 Å². The van der Waals surface area contributed by atoms with Gasteiger partial charge in [-0.3, -0.25) is 0 Å². The van der Waals surface area contributed by atoms with E-state index in [0.717, 1.165) is 21.3 Å². The third-order valence-electron chi connectivity index (χ3n) is 5.77. The van der Waals surface area contributed by atoms with Crippen LogP contribution in [0.1, 0.15) is 18.4 Å². The van der Waals surface area contributed by atoms with Crippen LogP contribution in [0.25, 0.3) is 10.1 Å². The molecule has 0 bridgehead atoms. The maximum absolute atomic E-state index is 13.5. The Morgan fingerprint density at radius 1 is 1.10 bits per heavy atom. The highest BCUT2D eigenvalue weighted by molar-refractivity contribution is 7.89. The van der Waals surface area contributed by atoms with Gasteiger partial charge < -0.3 is 9.64 Å². The molecule has 0 N–H and O–H groups in total. The summed E-state index contributed by atoms with van der Waals surface area (Å²) in [5.74, 6) is -0.266. The van der Waals surface area contributed by atoms with E-state index in [4.69, 9.17) is 4.74 Å². The Hall–Kier alpha value is -2.00. The first kappa shape index (κ1) is 19.0. The summed E-state index contributed by atoms with van der Waals surface area (Å²) in [4.78, 5) is 2.54. The molecule has 2 aliphatic rings. The maximum atomic E-state index is 13.5. The Morgan fingerprint density at radius 3 is 2.72 bits per heavy atom. The van der Waals surface area contributed by atoms with Crippen LogP contribution in [0.5, 0.6) is 0 Å². The zero-order chi connectivity index (χ0) is 20.0. The molecule has 3 heterocycles. The molecule has 152 valence electrons. The molecule has 0 spiro atoms. The van der Waals surface area contributed by atoms with E-state index in [1.54, 1.807) is 15.8 Å². The molecule has 3 aromatic rings. The number of piperidine rings is 1. The van der Waals surface area contributed by atoms with Crippen LogP contribution in [-0.2, 0) is 21.4 Å². The Bertz CT molecular complexity index is 1150. The average molecular weight is 433 g/mol. The van der Waals surface area contributed by atoms with Gasteiger partial charge in [0.2, 0.25) is 10.0 Å². The van der Waals surface area contributed by atoms with Gasteiger partial charge in [-0.05, 0) is 37.1 Å². The fraction of sp³-hybridized carbons (Fsp3) is 0.333. The zero-order valence-corrected chi connectivity index (χ0v) is 17.4. The number of fused-ring (bicyclic) bond motifs is 2. The predicted octanol–water partition coefficient (Wildman–Crippen LogP) is 4.19. The summed E-state index contributed by atoms with van der Waals surface area (Å²) in [6, 6.07) is 12.6. The number of sulfonamides is 1. The fourth-order valence-electron chi connectivity index (χ4n) is 4.26. The van der Waals surface area contributed by atoms with E-state index in [2.05, 4.69) is 4.90 Å². The molecule has 1 aromatic heterocycles. The first-order valence-electron chi connectivity index (χ1n) is 9.63. The summed E-state index contributed by atoms with van der Waals surface area (Å²) >= 11 is 1.46. The van der Waals surface area contributed by atoms with Gasteiger partial charge in [0, 0.05) is 45.8 Å². The van der Waals surface area contributed by atoms with Crippen molar-refractivity contribution in [3.63, 3.8) is 0 Å². The number of hydrogen-bond donors (Lipinski definition) is 0. The molecule has 0 amide bonds. The monoisotopic (exact) mass is 432 g/mol. The van der Waals surface area contributed by atoms with Crippen LogP contribution in [0.4, 0.5) is 10.1 Å². The lowest BCUT2D eigenvalue weighted by Gasteiger charge is -2.41. The van der Waals surface area contributed by atoms with Gasteiger partial charge in [-0.2, -0.15) is 4.31 Å². The van der Waals surface area contributed by atoms with Crippen LogP contribution < -0.4 is 4.90 Å². The molecule has 29 heavy (non-hydrogen) atoms. The van der Waals surface area contributed by atoms with Crippen molar-refractivity contribution < 1.29 is 17.5 Å². The first-order chi connectivity index (χ1) is 14.0. The molecule has 1 saturated heterocycles. The normalized spacial score (nSPS) is 18.9. The highest BCUT2D eigenvalue weighted by Gasteiger charge is 2.34. The van der Waals surface area contributed by atoms with Crippen molar-refractivity contribution >= 4 is 37.1 Å². The van der Waals surface area contributed by atoms with Crippen molar-refractivity contribution in [3.8, 4) is 0 Å². The first-order valence-corrected chi connectivity index (χ1v) is 12.0. The number of nitrogens with zero attached hydrogens (tertiary/aromatic N) is 2. The lowest BCUT2D eigenvalue weighted by atomic mass is 10.0. The molecule has 8 heteroatoms. The van der Waals surface area contributed by atoms with Crippen LogP contribution in [0.2, 0.25) is 0 Å². The van der Waals surface area contributed by atoms with Crippen molar-refractivity contribution in [3.05, 3.63) is 59.2 Å². The van der Waals surface area contributed by atoms with Gasteiger partial charge in [-0.15, -0.1) is 11.3 Å². The van der Waals surface area contributed by atoms with Crippen LogP contribution in [0.3, 0.4) is 0 Å². The van der Waals surface area contributed by atoms with Gasteiger partial charge >= 0.3 is 0 Å². The van der Waals surface area contributed by atoms with Crippen LogP contribution in [0, 0.1) is 5.82 Å². The third kappa shape index (κ3) is 3.34. The van der Waals surface area contributed by atoms with Crippen LogP contribution >= 0.6 is 11.3 Å². The van der Waals surface area contributed by atoms with Crippen molar-refractivity contribution in [2.24, 2.45) is 0 Å². The van der Waals surface area contributed by atoms with E-state index in [-0.39, 0.29) is 11.9 Å². The summed E-state index contributed by atoms with van der Waals surface area (Å²) in [7, 11) is -3.52. The summed E-state index contributed by atoms with van der Waals surface area (Å²) in [6.45, 7) is 1.78. The fourth-order valence-corrected chi connectivity index (χ4v) is 7.21. The topological polar surface area (TPSA) is 49.9 Å². The van der Waals surface area contributed by atoms with Crippen molar-refractivity contribution in [1.82, 2.24) is 4.31 Å². The maximum Gasteiger partial charge on any atom is 0.244 e. The molecule has 5 nitrogen and oxygen atoms in total. The minimum Gasteiger partial charge on any atom is -0.356 e. The minimum atomic E-state index is -3.52. The smallest absolute Gasteiger partial charge is 0.244 e. The predicted molar refractivity (Wildman–Crippen MR) is 112 cm³/mol. The SMILES string of the molecule is O=S(=O)(c1csc2ccccc12)N1CCC(N2COCc3cc(F)ccc32)CC1. The molecule has 0 atom stereocenters. The molecule has 0 aliphatic carbocycles. The number of benzene rings is 2. The van der Waals surface area contributed by atoms with E-state index >= 15 is 0 Å². The number of ether oxygens (including phenoxy) is 1. The second-order valence-corrected chi connectivity index (χ2v) is 10.3. The second-order valence-electron chi connectivity index (χ2n) is 7.45. The van der Waals surface area contributed by atoms with E-state index in [9.17, 15) is 12.8 Å². The van der Waals surface area contributed by atoms with Crippen LogP contribution in [-0.4, -0.2) is 38.6 Å². The summed E-state index contributed by atoms with van der Waals surface area (Å²) in [5.41, 5.74) is 1.83. The molecule has 0 unspecified atom stereocenters. The summed E-state index contributed by atoms with van der Waals surface area (Å²) in [6.07, 6.45) is 1.42. The highest BCUT2D eigenvalue weighted by atomic mass is 32.2. The molecular weight excluding hydrogens is 411 g/mol. The van der Waals surface area contributed by atoms with E-state index in [0.29, 0.717) is 44.2 Å². The molecule has 0 saturated carbocycles. The van der Waals surface area contributed by atoms with Gasteiger partial charge in [0.15, 0.2) is 0 Å². The Labute approximate surface area is 173 Å². The number of anilines is 1. The quantitative estimate of drug-likeness (QED) is 0.623. The lowest BCUT2D eigenvalue weighted by Crippen LogP contribution is -2.48. The van der Waals surface area contributed by atoms with E-state index < -0.39 is 10.0 Å². The number of halogens is 1. The minimum absolute atomic E-state index is 0.171. The Morgan fingerprint density at radius 2 is 1.90 bits per heavy atom. The lowest BCUT2D eigenvalue weighted by molar-refractivity contribution is 0.0985. The van der Waals surface area contributed by atoms with Crippen LogP contribution in [0.15, 0.2) is 52.7 Å². The van der Waals surface area contributed by atoms with E-state index in [1.165, 1.54) is 23.5 Å². The Balaban J connectivity index is 1.35. The Kier molecular flexibility index (Phi) is 4.82. The zero-order valence-electron chi connectivity index (χ0n) is 15.8.